The molecule has 1 aliphatic rings. The SMILES string of the molecule is CCN(CCc1ccccc1)C(=O)CCNC1CC1. The summed E-state index contributed by atoms with van der Waals surface area (Å²) in [5.74, 6) is 0.270. The zero-order valence-corrected chi connectivity index (χ0v) is 11.8. The lowest BCUT2D eigenvalue weighted by molar-refractivity contribution is -0.130. The fourth-order valence-corrected chi connectivity index (χ4v) is 2.20. The zero-order valence-electron chi connectivity index (χ0n) is 11.8. The van der Waals surface area contributed by atoms with Crippen LogP contribution in [-0.2, 0) is 11.2 Å². The fraction of sp³-hybridized carbons (Fsp3) is 0.562. The molecule has 0 heterocycles. The van der Waals surface area contributed by atoms with Crippen LogP contribution < -0.4 is 5.32 Å². The van der Waals surface area contributed by atoms with Gasteiger partial charge in [0.15, 0.2) is 0 Å². The number of hydrogen-bond acceptors (Lipinski definition) is 2. The summed E-state index contributed by atoms with van der Waals surface area (Å²) in [6, 6.07) is 11.0. The highest BCUT2D eigenvalue weighted by Gasteiger charge is 2.20. The molecule has 1 amide bonds. The largest absolute Gasteiger partial charge is 0.343 e. The molecule has 1 fully saturated rings. The summed E-state index contributed by atoms with van der Waals surface area (Å²) in [4.78, 5) is 14.0. The van der Waals surface area contributed by atoms with Crippen LogP contribution in [0, 0.1) is 0 Å². The van der Waals surface area contributed by atoms with Crippen LogP contribution in [0.5, 0.6) is 0 Å². The van der Waals surface area contributed by atoms with Gasteiger partial charge in [-0.25, -0.2) is 0 Å². The van der Waals surface area contributed by atoms with Gasteiger partial charge in [0.2, 0.25) is 5.91 Å². The lowest BCUT2D eigenvalue weighted by atomic mass is 10.1. The van der Waals surface area contributed by atoms with Gasteiger partial charge in [-0.15, -0.1) is 0 Å². The maximum Gasteiger partial charge on any atom is 0.223 e. The van der Waals surface area contributed by atoms with Crippen LogP contribution in [0.1, 0.15) is 31.7 Å². The van der Waals surface area contributed by atoms with Gasteiger partial charge in [0.25, 0.3) is 0 Å². The van der Waals surface area contributed by atoms with Gasteiger partial charge in [0, 0.05) is 32.1 Å². The number of hydrogen-bond donors (Lipinski definition) is 1. The van der Waals surface area contributed by atoms with E-state index in [1.165, 1.54) is 18.4 Å². The van der Waals surface area contributed by atoms with Crippen molar-refractivity contribution in [3.63, 3.8) is 0 Å². The van der Waals surface area contributed by atoms with E-state index in [0.717, 1.165) is 26.1 Å². The number of nitrogens with zero attached hydrogens (tertiary/aromatic N) is 1. The molecule has 19 heavy (non-hydrogen) atoms. The predicted molar refractivity (Wildman–Crippen MR) is 78.0 cm³/mol. The molecule has 0 unspecified atom stereocenters. The van der Waals surface area contributed by atoms with Crippen molar-refractivity contribution in [3.05, 3.63) is 35.9 Å². The molecular weight excluding hydrogens is 236 g/mol. The normalized spacial score (nSPS) is 14.4. The molecule has 0 saturated heterocycles. The molecule has 0 atom stereocenters. The first-order valence-electron chi connectivity index (χ1n) is 7.34. The lowest BCUT2D eigenvalue weighted by Crippen LogP contribution is -2.35. The average molecular weight is 260 g/mol. The zero-order chi connectivity index (χ0) is 13.5. The molecule has 0 bridgehead atoms. The van der Waals surface area contributed by atoms with Gasteiger partial charge >= 0.3 is 0 Å². The van der Waals surface area contributed by atoms with E-state index < -0.39 is 0 Å². The standard InChI is InChI=1S/C16H24N2O/c1-2-18(13-11-14-6-4-3-5-7-14)16(19)10-12-17-15-8-9-15/h3-7,15,17H,2,8-13H2,1H3. The molecule has 0 aliphatic heterocycles. The number of nitrogens with one attached hydrogen (secondary N) is 1. The summed E-state index contributed by atoms with van der Waals surface area (Å²) in [6.45, 7) is 4.50. The number of likely N-dealkylation sites (N-methyl/N-ethyl adjacent to an activating group) is 1. The summed E-state index contributed by atoms with van der Waals surface area (Å²) in [7, 11) is 0. The second kappa shape index (κ2) is 7.29. The molecule has 1 aliphatic carbocycles. The van der Waals surface area contributed by atoms with Gasteiger partial charge in [-0.3, -0.25) is 4.79 Å². The Labute approximate surface area is 116 Å². The molecular formula is C16H24N2O. The van der Waals surface area contributed by atoms with Crippen LogP contribution in [0.15, 0.2) is 30.3 Å². The quantitative estimate of drug-likeness (QED) is 0.777. The second-order valence-electron chi connectivity index (χ2n) is 5.19. The van der Waals surface area contributed by atoms with Crippen LogP contribution in [0.25, 0.3) is 0 Å². The number of benzene rings is 1. The van der Waals surface area contributed by atoms with E-state index in [9.17, 15) is 4.79 Å². The van der Waals surface area contributed by atoms with Crippen molar-refractivity contribution in [2.45, 2.75) is 38.6 Å². The number of amides is 1. The van der Waals surface area contributed by atoms with Crippen LogP contribution in [0.4, 0.5) is 0 Å². The third-order valence-electron chi connectivity index (χ3n) is 3.60. The highest BCUT2D eigenvalue weighted by Crippen LogP contribution is 2.18. The summed E-state index contributed by atoms with van der Waals surface area (Å²) < 4.78 is 0. The first kappa shape index (κ1) is 14.1. The Balaban J connectivity index is 1.70. The molecule has 1 aromatic carbocycles. The van der Waals surface area contributed by atoms with Crippen LogP contribution in [0.2, 0.25) is 0 Å². The lowest BCUT2D eigenvalue weighted by Gasteiger charge is -2.21. The van der Waals surface area contributed by atoms with Crippen molar-refractivity contribution in [2.24, 2.45) is 0 Å². The molecule has 0 radical (unpaired) electrons. The third-order valence-corrected chi connectivity index (χ3v) is 3.60. The van der Waals surface area contributed by atoms with E-state index >= 15 is 0 Å². The first-order chi connectivity index (χ1) is 9.29. The summed E-state index contributed by atoms with van der Waals surface area (Å²) in [5, 5.41) is 3.39. The Kier molecular flexibility index (Phi) is 5.40. The minimum atomic E-state index is 0.270. The Hall–Kier alpha value is -1.35. The molecule has 1 aromatic rings. The fourth-order valence-electron chi connectivity index (χ4n) is 2.20. The van der Waals surface area contributed by atoms with E-state index in [1.54, 1.807) is 0 Å². The van der Waals surface area contributed by atoms with Crippen LogP contribution in [-0.4, -0.2) is 36.5 Å². The molecule has 3 heteroatoms. The number of carbonyl (C=O) groups excluding carboxylic acids is 1. The van der Waals surface area contributed by atoms with Crippen LogP contribution in [0.3, 0.4) is 0 Å². The minimum Gasteiger partial charge on any atom is -0.343 e. The smallest absolute Gasteiger partial charge is 0.223 e. The van der Waals surface area contributed by atoms with Crippen LogP contribution >= 0.6 is 0 Å². The highest BCUT2D eigenvalue weighted by molar-refractivity contribution is 5.76. The van der Waals surface area contributed by atoms with Gasteiger partial charge in [0.05, 0.1) is 0 Å². The molecule has 2 rings (SSSR count). The van der Waals surface area contributed by atoms with Gasteiger partial charge in [-0.05, 0) is 31.7 Å². The van der Waals surface area contributed by atoms with Crippen molar-refractivity contribution in [2.75, 3.05) is 19.6 Å². The van der Waals surface area contributed by atoms with E-state index in [-0.39, 0.29) is 5.91 Å². The molecule has 1 saturated carbocycles. The number of rotatable bonds is 8. The van der Waals surface area contributed by atoms with E-state index in [1.807, 2.05) is 23.1 Å². The Morgan fingerprint density at radius 2 is 2.05 bits per heavy atom. The first-order valence-corrected chi connectivity index (χ1v) is 7.34. The van der Waals surface area contributed by atoms with Gasteiger partial charge in [0.1, 0.15) is 0 Å². The van der Waals surface area contributed by atoms with Crippen molar-refractivity contribution in [1.82, 2.24) is 10.2 Å². The monoisotopic (exact) mass is 260 g/mol. The van der Waals surface area contributed by atoms with E-state index in [2.05, 4.69) is 24.4 Å². The topological polar surface area (TPSA) is 32.3 Å². The van der Waals surface area contributed by atoms with Gasteiger partial charge in [-0.2, -0.15) is 0 Å². The summed E-state index contributed by atoms with van der Waals surface area (Å²) in [5.41, 5.74) is 1.30. The van der Waals surface area contributed by atoms with Crippen molar-refractivity contribution in [1.29, 1.82) is 0 Å². The van der Waals surface area contributed by atoms with Crippen molar-refractivity contribution >= 4 is 5.91 Å². The van der Waals surface area contributed by atoms with Crippen molar-refractivity contribution < 1.29 is 4.79 Å². The van der Waals surface area contributed by atoms with Gasteiger partial charge in [-0.1, -0.05) is 30.3 Å². The van der Waals surface area contributed by atoms with Crippen molar-refractivity contribution in [3.8, 4) is 0 Å². The maximum atomic E-state index is 12.1. The average Bonchev–Trinajstić information content (AvgIpc) is 3.25. The van der Waals surface area contributed by atoms with Gasteiger partial charge < -0.3 is 10.2 Å². The Morgan fingerprint density at radius 1 is 1.32 bits per heavy atom. The van der Waals surface area contributed by atoms with E-state index in [0.29, 0.717) is 12.5 Å². The maximum absolute atomic E-state index is 12.1. The van der Waals surface area contributed by atoms with E-state index in [4.69, 9.17) is 0 Å². The Bertz CT molecular complexity index is 387. The predicted octanol–water partition coefficient (Wildman–Crippen LogP) is 2.22. The Morgan fingerprint density at radius 3 is 2.68 bits per heavy atom. The second-order valence-corrected chi connectivity index (χ2v) is 5.19. The minimum absolute atomic E-state index is 0.270. The number of carbonyl (C=O) groups is 1. The third kappa shape index (κ3) is 5.03. The molecule has 104 valence electrons. The molecule has 3 nitrogen and oxygen atoms in total. The molecule has 0 aromatic heterocycles. The molecule has 1 N–H and O–H groups in total. The summed E-state index contributed by atoms with van der Waals surface area (Å²) in [6.07, 6.45) is 4.12. The molecule has 0 spiro atoms. The highest BCUT2D eigenvalue weighted by atomic mass is 16.2. The summed E-state index contributed by atoms with van der Waals surface area (Å²) >= 11 is 0.